The maximum Gasteiger partial charge on any atom is 0.314 e. The highest BCUT2D eigenvalue weighted by atomic mass is 16.4. The largest absolute Gasteiger partial charge is 0.481 e. The molecule has 3 nitrogen and oxygen atoms in total. The zero-order valence-electron chi connectivity index (χ0n) is 14.1. The Kier molecular flexibility index (Phi) is 3.50. The van der Waals surface area contributed by atoms with Crippen LogP contribution in [0.1, 0.15) is 29.5 Å². The number of hydrogen-bond donors (Lipinski definition) is 1. The highest BCUT2D eigenvalue weighted by Crippen LogP contribution is 2.47. The molecule has 1 heterocycles. The Labute approximate surface area is 143 Å². The summed E-state index contributed by atoms with van der Waals surface area (Å²) in [6, 6.07) is 19.1. The van der Waals surface area contributed by atoms with Crippen molar-refractivity contribution in [1.82, 2.24) is 0 Å². The smallest absolute Gasteiger partial charge is 0.314 e. The highest BCUT2D eigenvalue weighted by molar-refractivity contribution is 5.82. The monoisotopic (exact) mass is 322 g/mol. The van der Waals surface area contributed by atoms with Crippen molar-refractivity contribution in [2.24, 2.45) is 0 Å². The van der Waals surface area contributed by atoms with Crippen molar-refractivity contribution in [2.75, 3.05) is 13.6 Å². The summed E-state index contributed by atoms with van der Waals surface area (Å²) in [7, 11) is 2.30. The first-order valence-corrected chi connectivity index (χ1v) is 8.73. The van der Waals surface area contributed by atoms with Crippen molar-refractivity contribution < 1.29 is 14.4 Å². The van der Waals surface area contributed by atoms with Crippen LogP contribution in [0.15, 0.2) is 54.6 Å². The summed E-state index contributed by atoms with van der Waals surface area (Å²) < 4.78 is 0.938. The van der Waals surface area contributed by atoms with Gasteiger partial charge in [0, 0.05) is 24.8 Å². The average molecular weight is 322 g/mol. The number of quaternary nitrogens is 1. The molecule has 1 fully saturated rings. The van der Waals surface area contributed by atoms with E-state index in [1.807, 2.05) is 24.3 Å². The second kappa shape index (κ2) is 5.45. The molecule has 2 aromatic rings. The van der Waals surface area contributed by atoms with Gasteiger partial charge in [0.15, 0.2) is 0 Å². The maximum absolute atomic E-state index is 12.2. The lowest BCUT2D eigenvalue weighted by Gasteiger charge is -2.53. The molecule has 1 N–H and O–H groups in total. The molecule has 3 heteroatoms. The second-order valence-corrected chi connectivity index (χ2v) is 7.70. The molecule has 2 aromatic carbocycles. The van der Waals surface area contributed by atoms with Crippen molar-refractivity contribution in [3.8, 4) is 0 Å². The van der Waals surface area contributed by atoms with E-state index in [2.05, 4.69) is 37.4 Å². The van der Waals surface area contributed by atoms with Gasteiger partial charge in [0.1, 0.15) is 12.0 Å². The molecule has 1 aliphatic heterocycles. The third-order valence-corrected chi connectivity index (χ3v) is 6.30. The van der Waals surface area contributed by atoms with Gasteiger partial charge in [-0.25, -0.2) is 0 Å². The lowest BCUT2D eigenvalue weighted by atomic mass is 9.63. The van der Waals surface area contributed by atoms with Crippen molar-refractivity contribution in [3.63, 3.8) is 0 Å². The summed E-state index contributed by atoms with van der Waals surface area (Å²) in [4.78, 5) is 12.2. The first-order valence-electron chi connectivity index (χ1n) is 8.73. The van der Waals surface area contributed by atoms with Crippen LogP contribution >= 0.6 is 0 Å². The van der Waals surface area contributed by atoms with E-state index in [-0.39, 0.29) is 0 Å². The Hall–Kier alpha value is -2.13. The highest BCUT2D eigenvalue weighted by Gasteiger charge is 2.55. The summed E-state index contributed by atoms with van der Waals surface area (Å²) in [5.74, 6) is -0.648. The molecule has 0 aromatic heterocycles. The number of likely N-dealkylation sites (tertiary alicyclic amines) is 1. The molecule has 0 saturated carbocycles. The molecule has 1 saturated heterocycles. The van der Waals surface area contributed by atoms with Gasteiger partial charge in [-0.2, -0.15) is 0 Å². The van der Waals surface area contributed by atoms with E-state index in [1.165, 1.54) is 11.1 Å². The van der Waals surface area contributed by atoms with Crippen molar-refractivity contribution in [1.29, 1.82) is 0 Å². The Balaban J connectivity index is 1.73. The number of carboxylic acids is 1. The van der Waals surface area contributed by atoms with Gasteiger partial charge in [-0.15, -0.1) is 0 Å². The predicted molar refractivity (Wildman–Crippen MR) is 93.7 cm³/mol. The van der Waals surface area contributed by atoms with Gasteiger partial charge < -0.3 is 9.59 Å². The average Bonchev–Trinajstić information content (AvgIpc) is 2.59. The molecule has 0 amide bonds. The second-order valence-electron chi connectivity index (χ2n) is 7.70. The van der Waals surface area contributed by atoms with Crippen LogP contribution in [0.3, 0.4) is 0 Å². The standard InChI is InChI=1S/C21H23NO2/c1-22(15-16-7-3-2-4-8-16)12-11-21(20(23)24)14-18(22)13-17-9-5-6-10-19(17)21/h2-10,18H,11-15H2,1H3/p+1. The summed E-state index contributed by atoms with van der Waals surface area (Å²) in [6.45, 7) is 1.89. The van der Waals surface area contributed by atoms with Crippen LogP contribution in [0.25, 0.3) is 0 Å². The van der Waals surface area contributed by atoms with Crippen LogP contribution in [0, 0.1) is 0 Å². The fraction of sp³-hybridized carbons (Fsp3) is 0.381. The van der Waals surface area contributed by atoms with Gasteiger partial charge in [-0.3, -0.25) is 4.79 Å². The van der Waals surface area contributed by atoms with Crippen molar-refractivity contribution >= 4 is 5.97 Å². The van der Waals surface area contributed by atoms with Crippen molar-refractivity contribution in [2.45, 2.75) is 37.3 Å². The van der Waals surface area contributed by atoms with Crippen LogP contribution in [-0.4, -0.2) is 35.2 Å². The minimum atomic E-state index is -0.687. The molecule has 0 spiro atoms. The minimum absolute atomic E-state index is 0.366. The van der Waals surface area contributed by atoms with Crippen LogP contribution in [-0.2, 0) is 23.2 Å². The number of hydrogen-bond acceptors (Lipinski definition) is 1. The molecule has 124 valence electrons. The number of nitrogens with zero attached hydrogens (tertiary/aromatic N) is 1. The molecule has 4 rings (SSSR count). The Morgan fingerprint density at radius 1 is 1.17 bits per heavy atom. The molecule has 24 heavy (non-hydrogen) atoms. The normalized spacial score (nSPS) is 31.3. The van der Waals surface area contributed by atoms with E-state index in [0.29, 0.717) is 6.04 Å². The molecule has 1 aliphatic carbocycles. The quantitative estimate of drug-likeness (QED) is 0.880. The lowest BCUT2D eigenvalue weighted by molar-refractivity contribution is -0.952. The Bertz CT molecular complexity index is 772. The minimum Gasteiger partial charge on any atom is -0.481 e. The number of carboxylic acid groups (broad SMARTS) is 1. The summed E-state index contributed by atoms with van der Waals surface area (Å²) >= 11 is 0. The van der Waals surface area contributed by atoms with Crippen LogP contribution < -0.4 is 0 Å². The SMILES string of the molecule is C[N+]1(Cc2ccccc2)CCC2(C(=O)O)CC1Cc1ccccc12. The van der Waals surface area contributed by atoms with Gasteiger partial charge >= 0.3 is 5.97 Å². The van der Waals surface area contributed by atoms with E-state index in [1.54, 1.807) is 0 Å². The maximum atomic E-state index is 12.2. The lowest BCUT2D eigenvalue weighted by Crippen LogP contribution is -2.64. The van der Waals surface area contributed by atoms with Gasteiger partial charge in [-0.1, -0.05) is 54.6 Å². The first-order chi connectivity index (χ1) is 11.5. The Morgan fingerprint density at radius 3 is 2.62 bits per heavy atom. The van der Waals surface area contributed by atoms with E-state index in [4.69, 9.17) is 0 Å². The number of rotatable bonds is 3. The molecule has 0 radical (unpaired) electrons. The predicted octanol–water partition coefficient (Wildman–Crippen LogP) is 3.37. The number of aliphatic carboxylic acids is 1. The van der Waals surface area contributed by atoms with E-state index >= 15 is 0 Å². The zero-order chi connectivity index (χ0) is 16.8. The van der Waals surface area contributed by atoms with Gasteiger partial charge in [0.25, 0.3) is 0 Å². The first kappa shape index (κ1) is 15.4. The summed E-state index contributed by atoms with van der Waals surface area (Å²) in [5, 5.41) is 10.0. The van der Waals surface area contributed by atoms with Gasteiger partial charge in [0.2, 0.25) is 0 Å². The molecule has 2 aliphatic rings. The van der Waals surface area contributed by atoms with Crippen LogP contribution in [0.2, 0.25) is 0 Å². The summed E-state index contributed by atoms with van der Waals surface area (Å²) in [5.41, 5.74) is 2.93. The van der Waals surface area contributed by atoms with E-state index in [9.17, 15) is 9.90 Å². The summed E-state index contributed by atoms with van der Waals surface area (Å²) in [6.07, 6.45) is 2.45. The number of fused-ring (bicyclic) bond motifs is 4. The molecular formula is C21H24NO2+. The fourth-order valence-electron chi connectivity index (χ4n) is 4.83. The topological polar surface area (TPSA) is 37.3 Å². The number of benzene rings is 2. The molecule has 3 atom stereocenters. The Morgan fingerprint density at radius 2 is 1.88 bits per heavy atom. The number of likely N-dealkylation sites (N-methyl/N-ethyl adjacent to an activating group) is 1. The van der Waals surface area contributed by atoms with Crippen molar-refractivity contribution in [3.05, 3.63) is 71.3 Å². The number of piperidine rings is 1. The molecular weight excluding hydrogens is 298 g/mol. The third-order valence-electron chi connectivity index (χ3n) is 6.30. The molecule has 2 bridgehead atoms. The molecule has 3 unspecified atom stereocenters. The van der Waals surface area contributed by atoms with E-state index in [0.717, 1.165) is 42.4 Å². The van der Waals surface area contributed by atoms with Crippen LogP contribution in [0.4, 0.5) is 0 Å². The van der Waals surface area contributed by atoms with Gasteiger partial charge in [0.05, 0.1) is 19.6 Å². The van der Waals surface area contributed by atoms with Crippen LogP contribution in [0.5, 0.6) is 0 Å². The van der Waals surface area contributed by atoms with Gasteiger partial charge in [-0.05, 0) is 11.1 Å². The number of carbonyl (C=O) groups is 1. The third kappa shape index (κ3) is 2.27. The van der Waals surface area contributed by atoms with E-state index < -0.39 is 11.4 Å². The zero-order valence-corrected chi connectivity index (χ0v) is 14.1. The fourth-order valence-corrected chi connectivity index (χ4v) is 4.83.